The Morgan fingerprint density at radius 1 is 1.04 bits per heavy atom. The van der Waals surface area contributed by atoms with Gasteiger partial charge in [0.1, 0.15) is 0 Å². The number of carbonyl (C=O) groups is 2. The number of amides is 1. The Morgan fingerprint density at radius 2 is 1.50 bits per heavy atom. The number of alkyl halides is 6. The molecule has 1 aromatic carbocycles. The van der Waals surface area contributed by atoms with Crippen molar-refractivity contribution in [1.82, 2.24) is 0 Å². The van der Waals surface area contributed by atoms with E-state index in [-0.39, 0.29) is 18.5 Å². The van der Waals surface area contributed by atoms with Gasteiger partial charge in [0.2, 0.25) is 5.91 Å². The average molecular weight is 378 g/mol. The van der Waals surface area contributed by atoms with Crippen LogP contribution in [0.3, 0.4) is 0 Å². The van der Waals surface area contributed by atoms with Crippen LogP contribution in [0.15, 0.2) is 18.2 Å². The zero-order valence-electron chi connectivity index (χ0n) is 11.6. The predicted molar refractivity (Wildman–Crippen MR) is 71.8 cm³/mol. The van der Waals surface area contributed by atoms with Crippen LogP contribution in [0.2, 0.25) is 0 Å². The topological polar surface area (TPSA) is 57.6 Å². The van der Waals surface area contributed by atoms with Gasteiger partial charge in [-0.1, -0.05) is 0 Å². The number of benzene rings is 1. The number of nitrogens with zero attached hydrogens (tertiary/aromatic N) is 1. The fourth-order valence-corrected chi connectivity index (χ4v) is 2.22. The van der Waals surface area contributed by atoms with Crippen LogP contribution in [-0.4, -0.2) is 23.5 Å². The minimum absolute atomic E-state index is 0. The lowest BCUT2D eigenvalue weighted by Crippen LogP contribution is -2.26. The number of hydrogen-bond donors (Lipinski definition) is 1. The predicted octanol–water partition coefficient (Wildman–Crippen LogP) is 3.58. The summed E-state index contributed by atoms with van der Waals surface area (Å²) in [6.45, 7) is -0.479. The molecule has 0 bridgehead atoms. The zero-order chi connectivity index (χ0) is 17.6. The van der Waals surface area contributed by atoms with E-state index in [1.54, 1.807) is 0 Å². The monoisotopic (exact) mass is 377 g/mol. The molecule has 1 heterocycles. The number of aliphatic carboxylic acids is 1. The van der Waals surface area contributed by atoms with Crippen molar-refractivity contribution >= 4 is 30.0 Å². The summed E-state index contributed by atoms with van der Waals surface area (Å²) in [5, 5.41) is 8.82. The van der Waals surface area contributed by atoms with Crippen LogP contribution in [0.25, 0.3) is 0 Å². The highest BCUT2D eigenvalue weighted by Gasteiger charge is 2.40. The molecule has 1 aliphatic heterocycles. The summed E-state index contributed by atoms with van der Waals surface area (Å²) in [6.07, 6.45) is -10.6. The Bertz CT molecular complexity index is 626. The van der Waals surface area contributed by atoms with Gasteiger partial charge in [-0.05, 0) is 18.2 Å². The van der Waals surface area contributed by atoms with Crippen molar-refractivity contribution in [2.24, 2.45) is 5.92 Å². The first-order valence-electron chi connectivity index (χ1n) is 6.22. The summed E-state index contributed by atoms with van der Waals surface area (Å²) < 4.78 is 76.6. The fourth-order valence-electron chi connectivity index (χ4n) is 2.22. The molecule has 1 aromatic rings. The number of carboxylic acids is 1. The van der Waals surface area contributed by atoms with Gasteiger partial charge in [-0.3, -0.25) is 9.59 Å². The molecule has 1 N–H and O–H groups in total. The van der Waals surface area contributed by atoms with Crippen LogP contribution in [-0.2, 0) is 21.9 Å². The molecule has 1 atom stereocenters. The number of anilines is 1. The largest absolute Gasteiger partial charge is 0.481 e. The van der Waals surface area contributed by atoms with Crippen molar-refractivity contribution in [2.45, 2.75) is 18.8 Å². The van der Waals surface area contributed by atoms with Gasteiger partial charge >= 0.3 is 18.3 Å². The molecule has 1 fully saturated rings. The van der Waals surface area contributed by atoms with E-state index < -0.39 is 59.9 Å². The highest BCUT2D eigenvalue weighted by atomic mass is 35.5. The summed E-state index contributed by atoms with van der Waals surface area (Å²) >= 11 is 0. The number of rotatable bonds is 2. The molecule has 1 unspecified atom stereocenters. The second-order valence-electron chi connectivity index (χ2n) is 5.01. The second kappa shape index (κ2) is 6.50. The van der Waals surface area contributed by atoms with E-state index in [0.29, 0.717) is 17.0 Å². The van der Waals surface area contributed by atoms with Crippen molar-refractivity contribution in [1.29, 1.82) is 0 Å². The van der Waals surface area contributed by atoms with Crippen LogP contribution in [0.4, 0.5) is 32.0 Å². The fraction of sp³-hybridized carbons (Fsp3) is 0.385. The maximum absolute atomic E-state index is 12.8. The Labute approximate surface area is 137 Å². The second-order valence-corrected chi connectivity index (χ2v) is 5.01. The Morgan fingerprint density at radius 3 is 1.83 bits per heavy atom. The van der Waals surface area contributed by atoms with Gasteiger partial charge in [-0.15, -0.1) is 12.4 Å². The highest BCUT2D eigenvalue weighted by Crippen LogP contribution is 2.39. The van der Waals surface area contributed by atoms with Crippen LogP contribution >= 0.6 is 12.4 Å². The number of carboxylic acid groups (broad SMARTS) is 1. The lowest BCUT2D eigenvalue weighted by Gasteiger charge is -2.20. The molecule has 11 heteroatoms. The number of carbonyl (C=O) groups excluding carboxylic acids is 1. The minimum Gasteiger partial charge on any atom is -0.481 e. The summed E-state index contributed by atoms with van der Waals surface area (Å²) in [4.78, 5) is 23.2. The SMILES string of the molecule is Cl.O=C(O)C1CC(=O)N(c2cc(C(F)(F)F)cc(C(F)(F)F)c2)C1. The molecule has 1 saturated heterocycles. The van der Waals surface area contributed by atoms with Crippen molar-refractivity contribution in [3.63, 3.8) is 0 Å². The van der Waals surface area contributed by atoms with Gasteiger partial charge in [0, 0.05) is 18.7 Å². The molecule has 2 rings (SSSR count). The smallest absolute Gasteiger partial charge is 0.416 e. The van der Waals surface area contributed by atoms with Crippen LogP contribution in [0, 0.1) is 5.92 Å². The molecule has 0 aliphatic carbocycles. The number of hydrogen-bond acceptors (Lipinski definition) is 2. The molecule has 0 aromatic heterocycles. The first-order chi connectivity index (χ1) is 10.4. The third-order valence-electron chi connectivity index (χ3n) is 3.36. The van der Waals surface area contributed by atoms with E-state index >= 15 is 0 Å². The Kier molecular flexibility index (Phi) is 5.44. The molecule has 134 valence electrons. The molecule has 1 aliphatic rings. The molecule has 0 saturated carbocycles. The lowest BCUT2D eigenvalue weighted by atomic mass is 10.1. The molecule has 0 radical (unpaired) electrons. The van der Waals surface area contributed by atoms with E-state index in [1.807, 2.05) is 0 Å². The molecular formula is C13H10ClF6NO3. The molecule has 1 amide bonds. The normalized spacial score (nSPS) is 18.5. The van der Waals surface area contributed by atoms with E-state index in [2.05, 4.69) is 0 Å². The van der Waals surface area contributed by atoms with Gasteiger partial charge in [0.15, 0.2) is 0 Å². The zero-order valence-corrected chi connectivity index (χ0v) is 12.4. The summed E-state index contributed by atoms with van der Waals surface area (Å²) in [5.74, 6) is -3.36. The van der Waals surface area contributed by atoms with Crippen molar-refractivity contribution in [3.05, 3.63) is 29.3 Å². The summed E-state index contributed by atoms with van der Waals surface area (Å²) in [5.41, 5.74) is -3.75. The lowest BCUT2D eigenvalue weighted by molar-refractivity contribution is -0.143. The van der Waals surface area contributed by atoms with Crippen molar-refractivity contribution in [3.8, 4) is 0 Å². The third-order valence-corrected chi connectivity index (χ3v) is 3.36. The third kappa shape index (κ3) is 4.11. The highest BCUT2D eigenvalue weighted by molar-refractivity contribution is 5.99. The van der Waals surface area contributed by atoms with Gasteiger partial charge in [0.25, 0.3) is 0 Å². The number of halogens is 7. The van der Waals surface area contributed by atoms with Gasteiger partial charge in [-0.2, -0.15) is 26.3 Å². The van der Waals surface area contributed by atoms with Crippen LogP contribution in [0.1, 0.15) is 17.5 Å². The van der Waals surface area contributed by atoms with E-state index in [1.165, 1.54) is 0 Å². The minimum atomic E-state index is -5.04. The van der Waals surface area contributed by atoms with E-state index in [0.717, 1.165) is 0 Å². The van der Waals surface area contributed by atoms with Crippen molar-refractivity contribution < 1.29 is 41.0 Å². The van der Waals surface area contributed by atoms with Gasteiger partial charge in [-0.25, -0.2) is 0 Å². The van der Waals surface area contributed by atoms with Crippen LogP contribution < -0.4 is 4.90 Å². The first-order valence-corrected chi connectivity index (χ1v) is 6.22. The summed E-state index contributed by atoms with van der Waals surface area (Å²) in [6, 6.07) is 0.744. The quantitative estimate of drug-likeness (QED) is 0.801. The molecule has 24 heavy (non-hydrogen) atoms. The average Bonchev–Trinajstić information content (AvgIpc) is 2.78. The molecule has 4 nitrogen and oxygen atoms in total. The van der Waals surface area contributed by atoms with Gasteiger partial charge in [0.05, 0.1) is 17.0 Å². The van der Waals surface area contributed by atoms with Crippen molar-refractivity contribution in [2.75, 3.05) is 11.4 Å². The molecular weight excluding hydrogens is 368 g/mol. The molecule has 0 spiro atoms. The standard InChI is InChI=1S/C13H9F6NO3.ClH/c14-12(15,16)7-2-8(13(17,18)19)4-9(3-7)20-5-6(11(22)23)1-10(20)21;/h2-4,6H,1,5H2,(H,22,23);1H. The first kappa shape index (κ1) is 20.1. The summed E-state index contributed by atoms with van der Waals surface area (Å²) in [7, 11) is 0. The van der Waals surface area contributed by atoms with Gasteiger partial charge < -0.3 is 10.0 Å². The Hall–Kier alpha value is -1.97. The van der Waals surface area contributed by atoms with Crippen LogP contribution in [0.5, 0.6) is 0 Å². The van der Waals surface area contributed by atoms with E-state index in [4.69, 9.17) is 5.11 Å². The maximum Gasteiger partial charge on any atom is 0.416 e. The maximum atomic E-state index is 12.8. The Balaban J connectivity index is 0.00000288. The van der Waals surface area contributed by atoms with E-state index in [9.17, 15) is 35.9 Å².